The molecule has 102 valence electrons. The Morgan fingerprint density at radius 2 is 1.88 bits per heavy atom. The molecule has 17 heavy (non-hydrogen) atoms. The van der Waals surface area contributed by atoms with E-state index in [2.05, 4.69) is 5.32 Å². The molecule has 0 saturated heterocycles. The molecule has 4 nitrogen and oxygen atoms in total. The van der Waals surface area contributed by atoms with Gasteiger partial charge in [0.05, 0.1) is 0 Å². The molecule has 0 atom stereocenters. The van der Waals surface area contributed by atoms with E-state index in [4.69, 9.17) is 4.55 Å². The maximum Gasteiger partial charge on any atom is 0.319 e. The molecule has 0 aromatic heterocycles. The second-order valence-corrected chi connectivity index (χ2v) is 8.12. The molecular formula is C11H23NO3S2. The van der Waals surface area contributed by atoms with E-state index in [-0.39, 0.29) is 0 Å². The lowest BCUT2D eigenvalue weighted by atomic mass is 10.0. The third kappa shape index (κ3) is 8.88. The summed E-state index contributed by atoms with van der Waals surface area (Å²) >= 11 is 0. The number of nitrogens with one attached hydrogen (secondary N) is 1. The molecule has 0 radical (unpaired) electrons. The van der Waals surface area contributed by atoms with Crippen molar-refractivity contribution in [2.45, 2.75) is 44.9 Å². The van der Waals surface area contributed by atoms with E-state index in [1.54, 1.807) is 0 Å². The summed E-state index contributed by atoms with van der Waals surface area (Å²) in [6.07, 6.45) is 9.43. The first-order valence-corrected chi connectivity index (χ1v) is 9.35. The zero-order valence-corrected chi connectivity index (χ0v) is 11.9. The second kappa shape index (κ2) is 8.34. The molecule has 1 aliphatic rings. The monoisotopic (exact) mass is 281 g/mol. The molecule has 1 fully saturated rings. The van der Waals surface area contributed by atoms with Crippen molar-refractivity contribution in [2.24, 2.45) is 5.92 Å². The van der Waals surface area contributed by atoms with Gasteiger partial charge in [-0.15, -0.1) is 0 Å². The fraction of sp³-hybridized carbons (Fsp3) is 1.00. The molecule has 0 aromatic carbocycles. The largest absolute Gasteiger partial charge is 0.319 e. The highest BCUT2D eigenvalue weighted by Crippen LogP contribution is 2.28. The number of hydrogen-bond acceptors (Lipinski definition) is 4. The van der Waals surface area contributed by atoms with Crippen LogP contribution in [0.25, 0.3) is 0 Å². The van der Waals surface area contributed by atoms with E-state index in [0.717, 1.165) is 18.9 Å². The number of rotatable bonds is 9. The molecule has 0 aliphatic heterocycles. The Morgan fingerprint density at radius 3 is 2.53 bits per heavy atom. The first-order chi connectivity index (χ1) is 8.08. The van der Waals surface area contributed by atoms with Crippen LogP contribution in [0.5, 0.6) is 0 Å². The molecule has 1 saturated carbocycles. The maximum absolute atomic E-state index is 10.4. The minimum atomic E-state index is -3.86. The molecule has 6 heteroatoms. The zero-order valence-electron chi connectivity index (χ0n) is 10.2. The van der Waals surface area contributed by atoms with Crippen LogP contribution in [-0.2, 0) is 9.15 Å². The van der Waals surface area contributed by atoms with E-state index in [1.807, 2.05) is 0 Å². The van der Waals surface area contributed by atoms with E-state index in [1.165, 1.54) is 38.5 Å². The van der Waals surface area contributed by atoms with Gasteiger partial charge in [0.15, 0.2) is 0 Å². The minimum absolute atomic E-state index is 0.404. The third-order valence-electron chi connectivity index (χ3n) is 3.20. The number of hydrogen-bond donors (Lipinski definition) is 2. The minimum Gasteiger partial charge on any atom is -0.316 e. The smallest absolute Gasteiger partial charge is 0.316 e. The molecule has 0 amide bonds. The molecule has 0 aromatic rings. The highest BCUT2D eigenvalue weighted by molar-refractivity contribution is 8.69. The standard InChI is InChI=1S/C11H23NO3S2/c13-17(14,15)16-10-9-12-8-4-3-7-11-5-1-2-6-11/h11-12H,1-10H2,(H,13,14,15). The molecule has 1 rings (SSSR count). The quantitative estimate of drug-likeness (QED) is 0.386. The van der Waals surface area contributed by atoms with Crippen LogP contribution in [0.4, 0.5) is 0 Å². The van der Waals surface area contributed by atoms with Crippen molar-refractivity contribution < 1.29 is 13.0 Å². The molecular weight excluding hydrogens is 258 g/mol. The normalized spacial score (nSPS) is 17.7. The summed E-state index contributed by atoms with van der Waals surface area (Å²) in [4.78, 5) is 0. The van der Waals surface area contributed by atoms with Gasteiger partial charge in [-0.05, 0) is 29.7 Å². The lowest BCUT2D eigenvalue weighted by Crippen LogP contribution is -2.19. The van der Waals surface area contributed by atoms with Crippen LogP contribution < -0.4 is 5.32 Å². The van der Waals surface area contributed by atoms with Gasteiger partial charge in [0.2, 0.25) is 0 Å². The van der Waals surface area contributed by atoms with Crippen molar-refractivity contribution >= 4 is 19.9 Å². The average Bonchev–Trinajstić information content (AvgIpc) is 2.73. The molecule has 0 bridgehead atoms. The molecule has 0 unspecified atom stereocenters. The summed E-state index contributed by atoms with van der Waals surface area (Å²) < 4.78 is 29.3. The van der Waals surface area contributed by atoms with Crippen molar-refractivity contribution in [3.05, 3.63) is 0 Å². The summed E-state index contributed by atoms with van der Waals surface area (Å²) in [7, 11) is -3.27. The molecule has 2 N–H and O–H groups in total. The second-order valence-electron chi connectivity index (χ2n) is 4.65. The fourth-order valence-corrected chi connectivity index (χ4v) is 3.65. The number of unbranched alkanes of at least 4 members (excludes halogenated alkanes) is 1. The van der Waals surface area contributed by atoms with Gasteiger partial charge < -0.3 is 5.32 Å². The van der Waals surface area contributed by atoms with Crippen molar-refractivity contribution in [1.29, 1.82) is 0 Å². The van der Waals surface area contributed by atoms with Gasteiger partial charge in [0, 0.05) is 12.3 Å². The van der Waals surface area contributed by atoms with Gasteiger partial charge in [-0.3, -0.25) is 4.55 Å². The summed E-state index contributed by atoms with van der Waals surface area (Å²) in [5.74, 6) is 1.37. The van der Waals surface area contributed by atoms with Crippen LogP contribution in [0.15, 0.2) is 0 Å². The summed E-state index contributed by atoms with van der Waals surface area (Å²) in [5, 5.41) is 3.19. The van der Waals surface area contributed by atoms with Crippen LogP contribution in [0, 0.1) is 5.92 Å². The Bertz CT molecular complexity index is 287. The van der Waals surface area contributed by atoms with E-state index < -0.39 is 9.15 Å². The summed E-state index contributed by atoms with van der Waals surface area (Å²) in [6, 6.07) is 0. The first-order valence-electron chi connectivity index (χ1n) is 6.40. The van der Waals surface area contributed by atoms with E-state index in [0.29, 0.717) is 23.1 Å². The zero-order chi connectivity index (χ0) is 12.6. The Labute approximate surface area is 108 Å². The molecule has 0 spiro atoms. The van der Waals surface area contributed by atoms with Gasteiger partial charge in [0.1, 0.15) is 0 Å². The highest BCUT2D eigenvalue weighted by Gasteiger charge is 2.13. The van der Waals surface area contributed by atoms with Crippen molar-refractivity contribution in [3.63, 3.8) is 0 Å². The van der Waals surface area contributed by atoms with Gasteiger partial charge in [-0.1, -0.05) is 38.5 Å². The van der Waals surface area contributed by atoms with Gasteiger partial charge in [-0.2, -0.15) is 8.42 Å². The van der Waals surface area contributed by atoms with Gasteiger partial charge in [0.25, 0.3) is 0 Å². The Morgan fingerprint density at radius 1 is 1.18 bits per heavy atom. The Balaban J connectivity index is 1.81. The first kappa shape index (κ1) is 15.3. The van der Waals surface area contributed by atoms with E-state index in [9.17, 15) is 8.42 Å². The van der Waals surface area contributed by atoms with Crippen LogP contribution in [-0.4, -0.2) is 31.8 Å². The van der Waals surface area contributed by atoms with Crippen LogP contribution in [0.2, 0.25) is 0 Å². The summed E-state index contributed by atoms with van der Waals surface area (Å²) in [6.45, 7) is 1.58. The fourth-order valence-electron chi connectivity index (χ4n) is 2.33. The van der Waals surface area contributed by atoms with Crippen molar-refractivity contribution in [2.75, 3.05) is 18.8 Å². The predicted molar refractivity (Wildman–Crippen MR) is 72.7 cm³/mol. The van der Waals surface area contributed by atoms with E-state index >= 15 is 0 Å². The average molecular weight is 281 g/mol. The van der Waals surface area contributed by atoms with Crippen LogP contribution in [0.3, 0.4) is 0 Å². The maximum atomic E-state index is 10.4. The van der Waals surface area contributed by atoms with Gasteiger partial charge in [-0.25, -0.2) is 0 Å². The van der Waals surface area contributed by atoms with Crippen LogP contribution >= 0.6 is 10.8 Å². The van der Waals surface area contributed by atoms with Crippen molar-refractivity contribution in [1.82, 2.24) is 5.32 Å². The predicted octanol–water partition coefficient (Wildman–Crippen LogP) is 2.47. The summed E-state index contributed by atoms with van der Waals surface area (Å²) in [5.41, 5.74) is 0. The third-order valence-corrected chi connectivity index (χ3v) is 5.26. The molecule has 0 heterocycles. The topological polar surface area (TPSA) is 66.4 Å². The van der Waals surface area contributed by atoms with Crippen molar-refractivity contribution in [3.8, 4) is 0 Å². The Kier molecular flexibility index (Phi) is 7.50. The molecule has 1 aliphatic carbocycles. The SMILES string of the molecule is O=S(=O)(O)SCCNCCCCC1CCCC1. The lowest BCUT2D eigenvalue weighted by molar-refractivity contribution is 0.468. The Hall–Kier alpha value is 0.220. The van der Waals surface area contributed by atoms with Gasteiger partial charge >= 0.3 is 9.15 Å². The lowest BCUT2D eigenvalue weighted by Gasteiger charge is -2.08. The highest BCUT2D eigenvalue weighted by atomic mass is 33.1. The van der Waals surface area contributed by atoms with Crippen LogP contribution in [0.1, 0.15) is 44.9 Å².